The normalized spacial score (nSPS) is 11.9. The van der Waals surface area contributed by atoms with E-state index in [0.717, 1.165) is 0 Å². The molecular weight excluding hydrogens is 236 g/mol. The van der Waals surface area contributed by atoms with Crippen LogP contribution in [0.25, 0.3) is 26.9 Å². The molecule has 90 valence electrons. The highest BCUT2D eigenvalue weighted by Crippen LogP contribution is 2.37. The summed E-state index contributed by atoms with van der Waals surface area (Å²) < 4.78 is 1.39. The summed E-state index contributed by atoms with van der Waals surface area (Å²) in [6.07, 6.45) is 4.36. The number of benzene rings is 2. The maximum atomic E-state index is 2.30. The minimum atomic E-state index is 1.32. The van der Waals surface area contributed by atoms with E-state index < -0.39 is 0 Å². The molecular formula is C17H16S. The van der Waals surface area contributed by atoms with Crippen LogP contribution in [0.1, 0.15) is 22.9 Å². The van der Waals surface area contributed by atoms with E-state index in [1.807, 2.05) is 11.3 Å². The largest absolute Gasteiger partial charge is 0.140 e. The van der Waals surface area contributed by atoms with Gasteiger partial charge in [-0.2, -0.15) is 0 Å². The third-order valence-electron chi connectivity index (χ3n) is 3.38. The van der Waals surface area contributed by atoms with E-state index in [4.69, 9.17) is 0 Å². The summed E-state index contributed by atoms with van der Waals surface area (Å²) in [5, 5.41) is 4.12. The van der Waals surface area contributed by atoms with Crippen LogP contribution in [0, 0.1) is 13.8 Å². The van der Waals surface area contributed by atoms with E-state index in [1.54, 1.807) is 0 Å². The maximum absolute atomic E-state index is 2.30. The number of rotatable bonds is 1. The minimum Gasteiger partial charge on any atom is -0.140 e. The molecule has 0 unspecified atom stereocenters. The first kappa shape index (κ1) is 11.5. The lowest BCUT2D eigenvalue weighted by Gasteiger charge is -2.03. The van der Waals surface area contributed by atoms with Gasteiger partial charge in [-0.25, -0.2) is 0 Å². The molecule has 1 heteroatoms. The molecule has 3 aromatic rings. The number of allylic oxidation sites excluding steroid dienone is 1. The van der Waals surface area contributed by atoms with E-state index in [1.165, 1.54) is 36.9 Å². The first-order valence-corrected chi connectivity index (χ1v) is 7.07. The van der Waals surface area contributed by atoms with E-state index >= 15 is 0 Å². The predicted octanol–water partition coefficient (Wildman–Crippen LogP) is 5.70. The van der Waals surface area contributed by atoms with Crippen LogP contribution < -0.4 is 0 Å². The molecule has 0 atom stereocenters. The molecule has 0 saturated heterocycles. The highest BCUT2D eigenvalue weighted by molar-refractivity contribution is 7.19. The van der Waals surface area contributed by atoms with Crippen molar-refractivity contribution in [3.63, 3.8) is 0 Å². The number of hydrogen-bond donors (Lipinski definition) is 0. The van der Waals surface area contributed by atoms with Crippen LogP contribution in [0.3, 0.4) is 0 Å². The zero-order chi connectivity index (χ0) is 12.7. The van der Waals surface area contributed by atoms with Crippen LogP contribution in [-0.2, 0) is 0 Å². The summed E-state index contributed by atoms with van der Waals surface area (Å²) in [5.41, 5.74) is 2.71. The Morgan fingerprint density at radius 1 is 1.06 bits per heavy atom. The average molecular weight is 252 g/mol. The predicted molar refractivity (Wildman–Crippen MR) is 83.5 cm³/mol. The third-order valence-corrected chi connectivity index (χ3v) is 4.47. The summed E-state index contributed by atoms with van der Waals surface area (Å²) >= 11 is 1.89. The standard InChI is InChI=1S/C17H16S/c1-4-5-14-12(3)18-16-9-8-13-7-6-11(2)10-15(13)17(14)16/h4-10H,1-3H3/b5-4-. The first-order chi connectivity index (χ1) is 8.70. The molecule has 0 fully saturated rings. The summed E-state index contributed by atoms with van der Waals surface area (Å²) in [6.45, 7) is 6.45. The Labute approximate surface area is 112 Å². The number of aryl methyl sites for hydroxylation is 2. The molecule has 0 bridgehead atoms. The molecule has 0 amide bonds. The fourth-order valence-corrected chi connectivity index (χ4v) is 3.61. The highest BCUT2D eigenvalue weighted by Gasteiger charge is 2.09. The van der Waals surface area contributed by atoms with Crippen molar-refractivity contribution in [3.05, 3.63) is 52.4 Å². The van der Waals surface area contributed by atoms with Gasteiger partial charge in [0.25, 0.3) is 0 Å². The van der Waals surface area contributed by atoms with Crippen molar-refractivity contribution < 1.29 is 0 Å². The topological polar surface area (TPSA) is 0 Å². The molecule has 0 aliphatic rings. The zero-order valence-electron chi connectivity index (χ0n) is 10.9. The molecule has 0 aliphatic heterocycles. The SMILES string of the molecule is C/C=C\c1c(C)sc2ccc3ccc(C)cc3c12. The average Bonchev–Trinajstić information content (AvgIpc) is 2.67. The summed E-state index contributed by atoms with van der Waals surface area (Å²) in [5.74, 6) is 0. The van der Waals surface area contributed by atoms with Gasteiger partial charge >= 0.3 is 0 Å². The fourth-order valence-electron chi connectivity index (χ4n) is 2.54. The Morgan fingerprint density at radius 3 is 2.61 bits per heavy atom. The van der Waals surface area contributed by atoms with Crippen LogP contribution in [0.4, 0.5) is 0 Å². The van der Waals surface area contributed by atoms with Gasteiger partial charge in [0.15, 0.2) is 0 Å². The second-order valence-corrected chi connectivity index (χ2v) is 5.99. The molecule has 3 rings (SSSR count). The Morgan fingerprint density at radius 2 is 1.83 bits per heavy atom. The maximum Gasteiger partial charge on any atom is 0.0358 e. The number of hydrogen-bond acceptors (Lipinski definition) is 1. The van der Waals surface area contributed by atoms with E-state index in [0.29, 0.717) is 0 Å². The van der Waals surface area contributed by atoms with Crippen molar-refractivity contribution in [3.8, 4) is 0 Å². The van der Waals surface area contributed by atoms with Crippen molar-refractivity contribution in [1.29, 1.82) is 0 Å². The summed E-state index contributed by atoms with van der Waals surface area (Å²) in [4.78, 5) is 1.40. The van der Waals surface area contributed by atoms with E-state index in [2.05, 4.69) is 63.3 Å². The van der Waals surface area contributed by atoms with Crippen LogP contribution in [-0.4, -0.2) is 0 Å². The van der Waals surface area contributed by atoms with Crippen molar-refractivity contribution in [2.24, 2.45) is 0 Å². The second-order valence-electron chi connectivity index (χ2n) is 4.74. The van der Waals surface area contributed by atoms with Gasteiger partial charge < -0.3 is 0 Å². The van der Waals surface area contributed by atoms with Gasteiger partial charge in [-0.3, -0.25) is 0 Å². The van der Waals surface area contributed by atoms with Gasteiger partial charge in [0.05, 0.1) is 0 Å². The molecule has 1 heterocycles. The zero-order valence-corrected chi connectivity index (χ0v) is 11.8. The third kappa shape index (κ3) is 1.67. The molecule has 1 aromatic heterocycles. The highest BCUT2D eigenvalue weighted by atomic mass is 32.1. The Hall–Kier alpha value is -1.60. The quantitative estimate of drug-likeness (QED) is 0.521. The summed E-state index contributed by atoms with van der Waals surface area (Å²) in [7, 11) is 0. The van der Waals surface area contributed by atoms with Crippen LogP contribution in [0.2, 0.25) is 0 Å². The van der Waals surface area contributed by atoms with Crippen LogP contribution in [0.15, 0.2) is 36.4 Å². The smallest absolute Gasteiger partial charge is 0.0358 e. The van der Waals surface area contributed by atoms with Gasteiger partial charge in [0, 0.05) is 15.0 Å². The number of thiophene rings is 1. The molecule has 0 spiro atoms. The van der Waals surface area contributed by atoms with Gasteiger partial charge in [-0.05, 0) is 43.2 Å². The Kier molecular flexibility index (Phi) is 2.71. The lowest BCUT2D eigenvalue weighted by atomic mass is 10.0. The molecule has 0 saturated carbocycles. The van der Waals surface area contributed by atoms with Crippen molar-refractivity contribution in [2.75, 3.05) is 0 Å². The molecule has 2 aromatic carbocycles. The van der Waals surface area contributed by atoms with Crippen molar-refractivity contribution in [1.82, 2.24) is 0 Å². The molecule has 0 nitrogen and oxygen atoms in total. The Bertz CT molecular complexity index is 760. The lowest BCUT2D eigenvalue weighted by Crippen LogP contribution is -1.79. The van der Waals surface area contributed by atoms with E-state index in [-0.39, 0.29) is 0 Å². The van der Waals surface area contributed by atoms with Crippen molar-refractivity contribution >= 4 is 38.3 Å². The monoisotopic (exact) mass is 252 g/mol. The Balaban J connectivity index is 2.54. The van der Waals surface area contributed by atoms with Gasteiger partial charge in [-0.1, -0.05) is 42.0 Å². The number of fused-ring (bicyclic) bond motifs is 3. The van der Waals surface area contributed by atoms with Crippen LogP contribution in [0.5, 0.6) is 0 Å². The fraction of sp³-hybridized carbons (Fsp3) is 0.176. The minimum absolute atomic E-state index is 1.32. The molecule has 0 aliphatic carbocycles. The second kappa shape index (κ2) is 4.25. The summed E-state index contributed by atoms with van der Waals surface area (Å²) in [6, 6.07) is 11.2. The van der Waals surface area contributed by atoms with Gasteiger partial charge in [0.1, 0.15) is 0 Å². The molecule has 18 heavy (non-hydrogen) atoms. The molecule has 0 N–H and O–H groups in total. The van der Waals surface area contributed by atoms with Crippen LogP contribution >= 0.6 is 11.3 Å². The van der Waals surface area contributed by atoms with Gasteiger partial charge in [-0.15, -0.1) is 11.3 Å². The van der Waals surface area contributed by atoms with E-state index in [9.17, 15) is 0 Å². The van der Waals surface area contributed by atoms with Gasteiger partial charge in [0.2, 0.25) is 0 Å². The first-order valence-electron chi connectivity index (χ1n) is 6.26. The lowest BCUT2D eigenvalue weighted by molar-refractivity contribution is 1.51. The molecule has 0 radical (unpaired) electrons. The van der Waals surface area contributed by atoms with Crippen molar-refractivity contribution in [2.45, 2.75) is 20.8 Å².